The van der Waals surface area contributed by atoms with E-state index in [9.17, 15) is 0 Å². The zero-order chi connectivity index (χ0) is 32.9. The molecule has 5 rings (SSSR count). The van der Waals surface area contributed by atoms with Gasteiger partial charge in [0.25, 0.3) is 0 Å². The summed E-state index contributed by atoms with van der Waals surface area (Å²) in [6.45, 7) is 2.57. The molecule has 8 nitrogen and oxygen atoms in total. The van der Waals surface area contributed by atoms with E-state index in [1.807, 2.05) is 91.9 Å². The Morgan fingerprint density at radius 2 is 1.09 bits per heavy atom. The summed E-state index contributed by atoms with van der Waals surface area (Å²) in [5.74, 6) is 3.89. The molecule has 1 heterocycles. The molecule has 0 radical (unpaired) electrons. The quantitative estimate of drug-likeness (QED) is 0.121. The van der Waals surface area contributed by atoms with E-state index in [1.165, 1.54) is 0 Å². The number of hydrogen-bond acceptors (Lipinski definition) is 7. The molecule has 0 unspecified atom stereocenters. The molecule has 4 aromatic carbocycles. The fourth-order valence-corrected chi connectivity index (χ4v) is 4.53. The van der Waals surface area contributed by atoms with Crippen LogP contribution in [0.25, 0.3) is 40.1 Å². The predicted octanol–water partition coefficient (Wildman–Crippen LogP) is 4.77. The van der Waals surface area contributed by atoms with Crippen molar-refractivity contribution in [3.8, 4) is 34.1 Å². The van der Waals surface area contributed by atoms with Crippen LogP contribution < -0.4 is 28.1 Å². The van der Waals surface area contributed by atoms with E-state index in [-0.39, 0.29) is 0 Å². The van der Waals surface area contributed by atoms with Crippen LogP contribution in [0.3, 0.4) is 0 Å². The van der Waals surface area contributed by atoms with E-state index in [2.05, 4.69) is 48.6 Å². The Balaban J connectivity index is 0.000000892. The van der Waals surface area contributed by atoms with Gasteiger partial charge < -0.3 is 14.2 Å². The second-order valence-corrected chi connectivity index (χ2v) is 10.5. The molecule has 236 valence electrons. The monoisotopic (exact) mass is 640 g/mol. The standard InChI is InChI=1S/C37H33O4.ClHO4/c1-4-40-35(29-13-9-6-10-14-29)26-32(28-11-7-5-8-12-28)23-27-24-36(30-15-19-33(38-2)20-16-30)41-37(25-27)31-17-21-34(39-3)22-18-31;2-1(3,4)5/h5-26H,4H2,1-3H3;(H,2,3,4,5)/q+1;/p-1/b32-23-,35-26-;. The third-order valence-corrected chi connectivity index (χ3v) is 6.64. The van der Waals surface area contributed by atoms with Crippen molar-refractivity contribution in [1.29, 1.82) is 0 Å². The van der Waals surface area contributed by atoms with E-state index < -0.39 is 10.2 Å². The van der Waals surface area contributed by atoms with E-state index in [0.29, 0.717) is 6.61 Å². The summed E-state index contributed by atoms with van der Waals surface area (Å²) in [5, 5.41) is 0. The zero-order valence-electron chi connectivity index (χ0n) is 25.6. The van der Waals surface area contributed by atoms with E-state index in [4.69, 9.17) is 37.3 Å². The van der Waals surface area contributed by atoms with Gasteiger partial charge in [0, 0.05) is 5.56 Å². The highest BCUT2D eigenvalue weighted by atomic mass is 35.7. The highest BCUT2D eigenvalue weighted by Gasteiger charge is 2.20. The fourth-order valence-electron chi connectivity index (χ4n) is 4.53. The lowest BCUT2D eigenvalue weighted by molar-refractivity contribution is -2.00. The van der Waals surface area contributed by atoms with Crippen LogP contribution in [-0.2, 0) is 4.74 Å². The van der Waals surface area contributed by atoms with E-state index in [1.54, 1.807) is 14.2 Å². The van der Waals surface area contributed by atoms with Gasteiger partial charge in [0.15, 0.2) is 0 Å². The van der Waals surface area contributed by atoms with Crippen LogP contribution in [0.5, 0.6) is 11.5 Å². The minimum absolute atomic E-state index is 0.566. The molecule has 0 amide bonds. The highest BCUT2D eigenvalue weighted by molar-refractivity contribution is 5.92. The Labute approximate surface area is 270 Å². The predicted molar refractivity (Wildman–Crippen MR) is 167 cm³/mol. The smallest absolute Gasteiger partial charge is 0.361 e. The molecule has 0 bridgehead atoms. The average Bonchev–Trinajstić information content (AvgIpc) is 3.07. The molecule has 9 heteroatoms. The van der Waals surface area contributed by atoms with Crippen molar-refractivity contribution in [3.63, 3.8) is 0 Å². The third kappa shape index (κ3) is 10.3. The Morgan fingerprint density at radius 1 is 0.652 bits per heavy atom. The normalized spacial score (nSPS) is 11.7. The number of methoxy groups -OCH3 is 2. The van der Waals surface area contributed by atoms with Gasteiger partial charge in [-0.1, -0.05) is 60.7 Å². The van der Waals surface area contributed by atoms with Crippen LogP contribution in [0.4, 0.5) is 0 Å². The molecule has 1 aromatic heterocycles. The summed E-state index contributed by atoms with van der Waals surface area (Å²) in [5.41, 5.74) is 6.02. The number of benzene rings is 4. The van der Waals surface area contributed by atoms with Crippen molar-refractivity contribution in [2.45, 2.75) is 6.92 Å². The van der Waals surface area contributed by atoms with Gasteiger partial charge in [0.1, 0.15) is 17.3 Å². The first-order chi connectivity index (χ1) is 22.2. The first-order valence-electron chi connectivity index (χ1n) is 14.2. The second kappa shape index (κ2) is 16.4. The lowest BCUT2D eigenvalue weighted by Crippen LogP contribution is -2.68. The molecule has 0 fully saturated rings. The lowest BCUT2D eigenvalue weighted by atomic mass is 9.99. The second-order valence-electron chi connectivity index (χ2n) is 9.73. The summed E-state index contributed by atoms with van der Waals surface area (Å²) in [7, 11) is -1.62. The Kier molecular flexibility index (Phi) is 12.1. The summed E-state index contributed by atoms with van der Waals surface area (Å²) < 4.78 is 57.3. The van der Waals surface area contributed by atoms with Crippen molar-refractivity contribution < 1.29 is 47.5 Å². The molecule has 0 saturated heterocycles. The molecule has 5 aromatic rings. The van der Waals surface area contributed by atoms with Gasteiger partial charge in [-0.15, -0.1) is 10.2 Å². The maximum atomic E-state index is 8.49. The van der Waals surface area contributed by atoms with Gasteiger partial charge in [-0.25, -0.2) is 23.1 Å². The molecule has 0 spiro atoms. The number of allylic oxidation sites excluding steroid dienone is 2. The molecule has 46 heavy (non-hydrogen) atoms. The molecular weight excluding hydrogens is 608 g/mol. The van der Waals surface area contributed by atoms with Crippen molar-refractivity contribution >= 4 is 17.4 Å². The summed E-state index contributed by atoms with van der Waals surface area (Å²) in [4.78, 5) is 0. The minimum Gasteiger partial charge on any atom is -0.497 e. The van der Waals surface area contributed by atoms with Gasteiger partial charge in [0.2, 0.25) is 0 Å². The van der Waals surface area contributed by atoms with Crippen molar-refractivity contribution in [1.82, 2.24) is 0 Å². The first kappa shape index (κ1) is 33.9. The van der Waals surface area contributed by atoms with Crippen LogP contribution >= 0.6 is 0 Å². The van der Waals surface area contributed by atoms with Gasteiger partial charge >= 0.3 is 11.5 Å². The van der Waals surface area contributed by atoms with Gasteiger partial charge in [-0.2, -0.15) is 0 Å². The molecular formula is C37H33ClO8. The Hall–Kier alpha value is -4.96. The SMILES string of the molecule is CCO/C(=C\C(=C\c1cc(-c2ccc(OC)cc2)[o+]c(-c2ccc(OC)cc2)c1)c1ccccc1)c1ccccc1.[O-][Cl+3]([O-])([O-])[O-]. The Bertz CT molecular complexity index is 1660. The summed E-state index contributed by atoms with van der Waals surface area (Å²) in [6.07, 6.45) is 4.28. The van der Waals surface area contributed by atoms with Crippen LogP contribution in [0.1, 0.15) is 23.6 Å². The maximum absolute atomic E-state index is 8.49. The van der Waals surface area contributed by atoms with Crippen molar-refractivity contribution in [3.05, 3.63) is 144 Å². The van der Waals surface area contributed by atoms with Gasteiger partial charge in [-0.3, -0.25) is 0 Å². The van der Waals surface area contributed by atoms with E-state index >= 15 is 0 Å². The number of hydrogen-bond donors (Lipinski definition) is 0. The van der Waals surface area contributed by atoms with Crippen LogP contribution in [0.2, 0.25) is 0 Å². The Morgan fingerprint density at radius 3 is 1.50 bits per heavy atom. The molecule has 0 aliphatic rings. The molecule has 0 aliphatic carbocycles. The first-order valence-corrected chi connectivity index (χ1v) is 15.5. The van der Waals surface area contributed by atoms with Crippen molar-refractivity contribution in [2.24, 2.45) is 0 Å². The van der Waals surface area contributed by atoms with Gasteiger partial charge in [0.05, 0.1) is 44.1 Å². The van der Waals surface area contributed by atoms with E-state index in [0.717, 1.165) is 62.2 Å². The number of ether oxygens (including phenoxy) is 3. The zero-order valence-corrected chi connectivity index (χ0v) is 26.3. The molecule has 0 saturated carbocycles. The van der Waals surface area contributed by atoms with Gasteiger partial charge in [-0.05, 0) is 84.3 Å². The molecule has 0 N–H and O–H groups in total. The topological polar surface area (TPSA) is 131 Å². The third-order valence-electron chi connectivity index (χ3n) is 6.64. The van der Waals surface area contributed by atoms with Crippen LogP contribution in [0.15, 0.2) is 132 Å². The molecule has 0 aliphatic heterocycles. The molecule has 0 atom stereocenters. The van der Waals surface area contributed by atoms with Crippen LogP contribution in [-0.4, -0.2) is 20.8 Å². The fraction of sp³-hybridized carbons (Fsp3) is 0.108. The lowest BCUT2D eigenvalue weighted by Gasteiger charge is -2.17. The highest BCUT2D eigenvalue weighted by Crippen LogP contribution is 2.33. The summed E-state index contributed by atoms with van der Waals surface area (Å²) in [6, 6.07) is 40.4. The maximum Gasteiger partial charge on any atom is 0.361 e. The average molecular weight is 641 g/mol. The van der Waals surface area contributed by atoms with Crippen molar-refractivity contribution in [2.75, 3.05) is 20.8 Å². The summed E-state index contributed by atoms with van der Waals surface area (Å²) >= 11 is 0. The number of rotatable bonds is 10. The largest absolute Gasteiger partial charge is 0.497 e. The number of halogens is 1. The van der Waals surface area contributed by atoms with Crippen LogP contribution in [0, 0.1) is 10.2 Å². The minimum atomic E-state index is -4.94.